The molecule has 1 saturated heterocycles. The number of hydrogen-bond acceptors (Lipinski definition) is 4. The van der Waals surface area contributed by atoms with Crippen LogP contribution in [0.25, 0.3) is 0 Å². The summed E-state index contributed by atoms with van der Waals surface area (Å²) in [4.78, 5) is 36.3. The van der Waals surface area contributed by atoms with Crippen LogP contribution < -0.4 is 25.6 Å². The largest absolute Gasteiger partial charge is 0.497 e. The molecule has 1 aromatic carbocycles. The number of hydrogen-bond donors (Lipinski definition) is 3. The number of ether oxygens (including phenoxy) is 1. The first-order valence-corrected chi connectivity index (χ1v) is 7.73. The number of anilines is 1. The number of rotatable bonds is 6. The molecule has 4 amide bonds. The summed E-state index contributed by atoms with van der Waals surface area (Å²) in [6, 6.07) is 6.62. The van der Waals surface area contributed by atoms with Crippen LogP contribution in [0.1, 0.15) is 13.3 Å². The maximum atomic E-state index is 12.2. The summed E-state index contributed by atoms with van der Waals surface area (Å²) in [5.74, 6) is 0.478. The molecule has 0 bridgehead atoms. The predicted molar refractivity (Wildman–Crippen MR) is 89.0 cm³/mol. The zero-order valence-electron chi connectivity index (χ0n) is 13.8. The first-order chi connectivity index (χ1) is 11.5. The lowest BCUT2D eigenvalue weighted by molar-refractivity contribution is -0.119. The maximum Gasteiger partial charge on any atom is 0.315 e. The van der Waals surface area contributed by atoms with Gasteiger partial charge in [-0.15, -0.1) is 0 Å². The van der Waals surface area contributed by atoms with Crippen LogP contribution >= 0.6 is 0 Å². The van der Waals surface area contributed by atoms with Crippen molar-refractivity contribution in [3.63, 3.8) is 0 Å². The lowest BCUT2D eigenvalue weighted by Gasteiger charge is -2.18. The van der Waals surface area contributed by atoms with Gasteiger partial charge in [0.1, 0.15) is 5.75 Å². The van der Waals surface area contributed by atoms with Gasteiger partial charge in [-0.25, -0.2) is 4.79 Å². The Morgan fingerprint density at radius 3 is 2.75 bits per heavy atom. The zero-order chi connectivity index (χ0) is 17.5. The lowest BCUT2D eigenvalue weighted by Crippen LogP contribution is -2.45. The Labute approximate surface area is 140 Å². The summed E-state index contributed by atoms with van der Waals surface area (Å²) < 4.78 is 5.17. The summed E-state index contributed by atoms with van der Waals surface area (Å²) in [5, 5.41) is 7.99. The molecule has 1 unspecified atom stereocenters. The summed E-state index contributed by atoms with van der Waals surface area (Å²) in [5.41, 5.74) is 0.745. The second kappa shape index (κ2) is 8.19. The van der Waals surface area contributed by atoms with E-state index in [0.717, 1.165) is 5.69 Å². The average Bonchev–Trinajstić information content (AvgIpc) is 2.91. The van der Waals surface area contributed by atoms with Crippen LogP contribution in [0, 0.1) is 0 Å². The number of urea groups is 1. The van der Waals surface area contributed by atoms with Crippen molar-refractivity contribution >= 4 is 23.5 Å². The summed E-state index contributed by atoms with van der Waals surface area (Å²) >= 11 is 0. The summed E-state index contributed by atoms with van der Waals surface area (Å²) in [7, 11) is 1.57. The summed E-state index contributed by atoms with van der Waals surface area (Å²) in [6.45, 7) is 2.51. The highest BCUT2D eigenvalue weighted by Gasteiger charge is 2.31. The van der Waals surface area contributed by atoms with Gasteiger partial charge in [0.05, 0.1) is 13.2 Å². The second-order valence-corrected chi connectivity index (χ2v) is 5.49. The number of amides is 4. The van der Waals surface area contributed by atoms with Crippen LogP contribution in [0.2, 0.25) is 0 Å². The molecule has 1 atom stereocenters. The fraction of sp³-hybridized carbons (Fsp3) is 0.438. The molecule has 1 fully saturated rings. The van der Waals surface area contributed by atoms with Gasteiger partial charge in [-0.05, 0) is 12.1 Å². The van der Waals surface area contributed by atoms with Gasteiger partial charge in [0.15, 0.2) is 0 Å². The molecule has 24 heavy (non-hydrogen) atoms. The molecule has 2 rings (SSSR count). The lowest BCUT2D eigenvalue weighted by atomic mass is 10.2. The van der Waals surface area contributed by atoms with E-state index < -0.39 is 0 Å². The van der Waals surface area contributed by atoms with Gasteiger partial charge in [0.25, 0.3) is 0 Å². The fourth-order valence-electron chi connectivity index (χ4n) is 2.48. The van der Waals surface area contributed by atoms with Crippen LogP contribution in [-0.2, 0) is 9.59 Å². The molecule has 1 aliphatic rings. The van der Waals surface area contributed by atoms with Gasteiger partial charge in [0.2, 0.25) is 11.8 Å². The van der Waals surface area contributed by atoms with Crippen molar-refractivity contribution in [1.82, 2.24) is 16.0 Å². The molecule has 0 spiro atoms. The van der Waals surface area contributed by atoms with E-state index in [1.54, 1.807) is 18.1 Å². The van der Waals surface area contributed by atoms with E-state index in [0.29, 0.717) is 25.4 Å². The Balaban J connectivity index is 1.83. The van der Waals surface area contributed by atoms with Gasteiger partial charge < -0.3 is 25.6 Å². The highest BCUT2D eigenvalue weighted by Crippen LogP contribution is 2.25. The Kier molecular flexibility index (Phi) is 6.00. The van der Waals surface area contributed by atoms with Crippen LogP contribution in [0.4, 0.5) is 10.5 Å². The minimum atomic E-state index is -0.356. The Morgan fingerprint density at radius 2 is 2.04 bits per heavy atom. The molecule has 0 aliphatic carbocycles. The molecular formula is C16H22N4O4. The zero-order valence-corrected chi connectivity index (χ0v) is 13.8. The first kappa shape index (κ1) is 17.6. The molecule has 1 aromatic rings. The highest BCUT2D eigenvalue weighted by molar-refractivity contribution is 5.97. The highest BCUT2D eigenvalue weighted by atomic mass is 16.5. The van der Waals surface area contributed by atoms with Crippen LogP contribution in [0.5, 0.6) is 5.75 Å². The number of carbonyl (C=O) groups excluding carboxylic acids is 3. The monoisotopic (exact) mass is 334 g/mol. The standard InChI is InChI=1S/C16H22N4O4/c1-11(21)17-6-7-18-16(23)19-12-8-15(22)20(10-12)13-4-3-5-14(9-13)24-2/h3-5,9,12H,6-8,10H2,1-2H3,(H,17,21)(H2,18,19,23). The van der Waals surface area contributed by atoms with Crippen molar-refractivity contribution in [1.29, 1.82) is 0 Å². The number of benzene rings is 1. The van der Waals surface area contributed by atoms with Crippen LogP contribution in [0.15, 0.2) is 24.3 Å². The molecule has 0 aromatic heterocycles. The molecule has 3 N–H and O–H groups in total. The van der Waals surface area contributed by atoms with Gasteiger partial charge >= 0.3 is 6.03 Å². The van der Waals surface area contributed by atoms with E-state index in [9.17, 15) is 14.4 Å². The van der Waals surface area contributed by atoms with Gasteiger partial charge in [-0.1, -0.05) is 6.07 Å². The quantitative estimate of drug-likeness (QED) is 0.649. The van der Waals surface area contributed by atoms with Crippen molar-refractivity contribution in [3.05, 3.63) is 24.3 Å². The van der Waals surface area contributed by atoms with E-state index in [1.165, 1.54) is 6.92 Å². The third-order valence-electron chi connectivity index (χ3n) is 3.61. The molecule has 1 heterocycles. The fourth-order valence-corrected chi connectivity index (χ4v) is 2.48. The second-order valence-electron chi connectivity index (χ2n) is 5.49. The molecular weight excluding hydrogens is 312 g/mol. The third-order valence-corrected chi connectivity index (χ3v) is 3.61. The predicted octanol–water partition coefficient (Wildman–Crippen LogP) is 0.236. The number of methoxy groups -OCH3 is 1. The minimum absolute atomic E-state index is 0.0493. The van der Waals surface area contributed by atoms with Gasteiger partial charge in [-0.3, -0.25) is 9.59 Å². The molecule has 1 aliphatic heterocycles. The number of nitrogens with one attached hydrogen (secondary N) is 3. The number of nitrogens with zero attached hydrogens (tertiary/aromatic N) is 1. The summed E-state index contributed by atoms with van der Waals surface area (Å²) in [6.07, 6.45) is 0.246. The van der Waals surface area contributed by atoms with Crippen molar-refractivity contribution in [2.45, 2.75) is 19.4 Å². The van der Waals surface area contributed by atoms with Crippen molar-refractivity contribution in [2.75, 3.05) is 31.6 Å². The number of carbonyl (C=O) groups is 3. The molecule has 8 heteroatoms. The third kappa shape index (κ3) is 4.87. The van der Waals surface area contributed by atoms with Crippen LogP contribution in [-0.4, -0.2) is 50.6 Å². The molecule has 8 nitrogen and oxygen atoms in total. The topological polar surface area (TPSA) is 99.8 Å². The molecule has 0 saturated carbocycles. The van der Waals surface area contributed by atoms with E-state index in [1.807, 2.05) is 18.2 Å². The Bertz CT molecular complexity index is 620. The molecule has 130 valence electrons. The first-order valence-electron chi connectivity index (χ1n) is 7.73. The Morgan fingerprint density at radius 1 is 1.29 bits per heavy atom. The normalized spacial score (nSPS) is 16.7. The van der Waals surface area contributed by atoms with E-state index in [-0.39, 0.29) is 30.3 Å². The van der Waals surface area contributed by atoms with E-state index >= 15 is 0 Å². The van der Waals surface area contributed by atoms with Crippen molar-refractivity contribution in [2.24, 2.45) is 0 Å². The Hall–Kier alpha value is -2.77. The van der Waals surface area contributed by atoms with Crippen molar-refractivity contribution < 1.29 is 19.1 Å². The molecule has 0 radical (unpaired) electrons. The smallest absolute Gasteiger partial charge is 0.315 e. The van der Waals surface area contributed by atoms with Crippen LogP contribution in [0.3, 0.4) is 0 Å². The SMILES string of the molecule is COc1cccc(N2CC(NC(=O)NCCNC(C)=O)CC2=O)c1. The van der Waals surface area contributed by atoms with Gasteiger partial charge in [-0.2, -0.15) is 0 Å². The average molecular weight is 334 g/mol. The van der Waals surface area contributed by atoms with Gasteiger partial charge in [0, 0.05) is 44.7 Å². The minimum Gasteiger partial charge on any atom is -0.497 e. The van der Waals surface area contributed by atoms with Crippen molar-refractivity contribution in [3.8, 4) is 5.75 Å². The van der Waals surface area contributed by atoms with E-state index in [4.69, 9.17) is 4.74 Å². The maximum absolute atomic E-state index is 12.2. The van der Waals surface area contributed by atoms with E-state index in [2.05, 4.69) is 16.0 Å².